The van der Waals surface area contributed by atoms with Crippen LogP contribution in [0.2, 0.25) is 5.02 Å². The minimum Gasteiger partial charge on any atom is -0.479 e. The van der Waals surface area contributed by atoms with Crippen molar-refractivity contribution in [3.05, 3.63) is 64.7 Å². The molecule has 1 atom stereocenters. The maximum absolute atomic E-state index is 12.2. The van der Waals surface area contributed by atoms with Crippen LogP contribution in [0.15, 0.2) is 48.5 Å². The van der Waals surface area contributed by atoms with Gasteiger partial charge in [-0.25, -0.2) is 0 Å². The van der Waals surface area contributed by atoms with Gasteiger partial charge in [0, 0.05) is 13.7 Å². The maximum atomic E-state index is 12.2. The third-order valence-corrected chi connectivity index (χ3v) is 3.69. The van der Waals surface area contributed by atoms with E-state index in [1.807, 2.05) is 36.4 Å². The van der Waals surface area contributed by atoms with Crippen molar-refractivity contribution in [2.75, 3.05) is 7.11 Å². The van der Waals surface area contributed by atoms with Crippen molar-refractivity contribution in [1.82, 2.24) is 5.32 Å². The van der Waals surface area contributed by atoms with Crippen LogP contribution in [0.4, 0.5) is 0 Å². The van der Waals surface area contributed by atoms with Crippen molar-refractivity contribution in [1.29, 1.82) is 0 Å². The molecule has 122 valence electrons. The van der Waals surface area contributed by atoms with E-state index in [1.54, 1.807) is 26.2 Å². The Kier molecular flexibility index (Phi) is 6.44. The topological polar surface area (TPSA) is 47.6 Å². The molecule has 0 radical (unpaired) electrons. The van der Waals surface area contributed by atoms with E-state index in [-0.39, 0.29) is 5.91 Å². The summed E-state index contributed by atoms with van der Waals surface area (Å²) in [6.07, 6.45) is -0.635. The number of hydrogen-bond donors (Lipinski definition) is 1. The average molecular weight is 334 g/mol. The molecular weight excluding hydrogens is 314 g/mol. The van der Waals surface area contributed by atoms with E-state index in [0.29, 0.717) is 23.9 Å². The average Bonchev–Trinajstić information content (AvgIpc) is 2.56. The van der Waals surface area contributed by atoms with Crippen molar-refractivity contribution in [2.45, 2.75) is 26.2 Å². The molecule has 2 aromatic carbocycles. The summed E-state index contributed by atoms with van der Waals surface area (Å²) in [5, 5.41) is 3.36. The molecule has 1 unspecified atom stereocenters. The van der Waals surface area contributed by atoms with Crippen LogP contribution >= 0.6 is 11.6 Å². The first-order valence-electron chi connectivity index (χ1n) is 7.36. The SMILES string of the molecule is COCc1ccccc1CNC(=O)C(C)Oc1ccccc1Cl. The highest BCUT2D eigenvalue weighted by Gasteiger charge is 2.16. The highest BCUT2D eigenvalue weighted by molar-refractivity contribution is 6.32. The number of carbonyl (C=O) groups excluding carboxylic acids is 1. The molecule has 2 aromatic rings. The number of nitrogens with one attached hydrogen (secondary N) is 1. The zero-order valence-corrected chi connectivity index (χ0v) is 14.0. The Hall–Kier alpha value is -2.04. The number of halogens is 1. The summed E-state index contributed by atoms with van der Waals surface area (Å²) >= 11 is 6.03. The molecule has 0 heterocycles. The lowest BCUT2D eigenvalue weighted by molar-refractivity contribution is -0.127. The zero-order chi connectivity index (χ0) is 16.7. The van der Waals surface area contributed by atoms with Crippen LogP contribution in [0.1, 0.15) is 18.1 Å². The summed E-state index contributed by atoms with van der Waals surface area (Å²) in [6.45, 7) is 2.63. The Morgan fingerprint density at radius 2 is 1.78 bits per heavy atom. The normalized spacial score (nSPS) is 11.8. The lowest BCUT2D eigenvalue weighted by atomic mass is 10.1. The van der Waals surface area contributed by atoms with Crippen LogP contribution in [0.25, 0.3) is 0 Å². The molecule has 0 aliphatic heterocycles. The molecule has 0 saturated heterocycles. The van der Waals surface area contributed by atoms with E-state index in [9.17, 15) is 4.79 Å². The van der Waals surface area contributed by atoms with E-state index in [1.165, 1.54) is 0 Å². The minimum absolute atomic E-state index is 0.197. The molecule has 5 heteroatoms. The van der Waals surface area contributed by atoms with Gasteiger partial charge in [0.1, 0.15) is 5.75 Å². The number of ether oxygens (including phenoxy) is 2. The van der Waals surface area contributed by atoms with Gasteiger partial charge in [-0.3, -0.25) is 4.79 Å². The van der Waals surface area contributed by atoms with Gasteiger partial charge >= 0.3 is 0 Å². The number of benzene rings is 2. The van der Waals surface area contributed by atoms with Crippen LogP contribution in [0.5, 0.6) is 5.75 Å². The first-order valence-corrected chi connectivity index (χ1v) is 7.74. The number of para-hydroxylation sites is 1. The highest BCUT2D eigenvalue weighted by Crippen LogP contribution is 2.24. The first kappa shape index (κ1) is 17.3. The molecule has 23 heavy (non-hydrogen) atoms. The van der Waals surface area contributed by atoms with Crippen molar-refractivity contribution in [3.63, 3.8) is 0 Å². The molecule has 0 saturated carbocycles. The summed E-state index contributed by atoms with van der Waals surface area (Å²) in [7, 11) is 1.65. The second-order valence-electron chi connectivity index (χ2n) is 5.11. The van der Waals surface area contributed by atoms with Crippen molar-refractivity contribution >= 4 is 17.5 Å². The third kappa shape index (κ3) is 4.98. The molecule has 0 aliphatic rings. The van der Waals surface area contributed by atoms with Gasteiger partial charge in [0.15, 0.2) is 6.10 Å². The van der Waals surface area contributed by atoms with Crippen LogP contribution in [-0.4, -0.2) is 19.1 Å². The Balaban J connectivity index is 1.93. The Labute approximate surface area is 141 Å². The van der Waals surface area contributed by atoms with Crippen molar-refractivity contribution in [2.24, 2.45) is 0 Å². The number of amides is 1. The Bertz CT molecular complexity index is 660. The maximum Gasteiger partial charge on any atom is 0.261 e. The number of rotatable bonds is 7. The molecular formula is C18H20ClNO3. The van der Waals surface area contributed by atoms with Gasteiger partial charge in [-0.15, -0.1) is 0 Å². The summed E-state index contributed by atoms with van der Waals surface area (Å²) in [4.78, 5) is 12.2. The van der Waals surface area contributed by atoms with Gasteiger partial charge in [0.05, 0.1) is 11.6 Å². The largest absolute Gasteiger partial charge is 0.479 e. The molecule has 0 bridgehead atoms. The van der Waals surface area contributed by atoms with Crippen LogP contribution in [-0.2, 0) is 22.7 Å². The van der Waals surface area contributed by atoms with E-state index in [4.69, 9.17) is 21.1 Å². The predicted molar refractivity (Wildman–Crippen MR) is 90.5 cm³/mol. The smallest absolute Gasteiger partial charge is 0.261 e. The quantitative estimate of drug-likeness (QED) is 0.842. The summed E-state index contributed by atoms with van der Waals surface area (Å²) in [6, 6.07) is 14.9. The van der Waals surface area contributed by atoms with Gasteiger partial charge < -0.3 is 14.8 Å². The fourth-order valence-corrected chi connectivity index (χ4v) is 2.32. The van der Waals surface area contributed by atoms with Crippen LogP contribution in [0, 0.1) is 0 Å². The minimum atomic E-state index is -0.635. The van der Waals surface area contributed by atoms with E-state index in [0.717, 1.165) is 11.1 Å². The lowest BCUT2D eigenvalue weighted by Gasteiger charge is -2.16. The van der Waals surface area contributed by atoms with Crippen LogP contribution in [0.3, 0.4) is 0 Å². The number of methoxy groups -OCH3 is 1. The molecule has 0 fully saturated rings. The Morgan fingerprint density at radius 1 is 1.13 bits per heavy atom. The molecule has 1 amide bonds. The van der Waals surface area contributed by atoms with E-state index < -0.39 is 6.10 Å². The molecule has 2 rings (SSSR count). The number of carbonyl (C=O) groups is 1. The highest BCUT2D eigenvalue weighted by atomic mass is 35.5. The van der Waals surface area contributed by atoms with Gasteiger partial charge in [-0.1, -0.05) is 48.0 Å². The summed E-state index contributed by atoms with van der Waals surface area (Å²) in [5.74, 6) is 0.300. The van der Waals surface area contributed by atoms with Crippen LogP contribution < -0.4 is 10.1 Å². The lowest BCUT2D eigenvalue weighted by Crippen LogP contribution is -2.36. The predicted octanol–water partition coefficient (Wildman–Crippen LogP) is 3.57. The van der Waals surface area contributed by atoms with Crippen molar-refractivity contribution in [3.8, 4) is 5.75 Å². The molecule has 0 aromatic heterocycles. The monoisotopic (exact) mass is 333 g/mol. The number of hydrogen-bond acceptors (Lipinski definition) is 3. The first-order chi connectivity index (χ1) is 11.1. The van der Waals surface area contributed by atoms with Gasteiger partial charge in [-0.05, 0) is 30.2 Å². The standard InChI is InChI=1S/C18H20ClNO3/c1-13(23-17-10-6-5-9-16(17)19)18(21)20-11-14-7-3-4-8-15(14)12-22-2/h3-10,13H,11-12H2,1-2H3,(H,20,21). The van der Waals surface area contributed by atoms with Gasteiger partial charge in [0.2, 0.25) is 0 Å². The Morgan fingerprint density at radius 3 is 2.48 bits per heavy atom. The summed E-state index contributed by atoms with van der Waals surface area (Å²) in [5.41, 5.74) is 2.07. The second kappa shape index (κ2) is 8.56. The molecule has 0 aliphatic carbocycles. The summed E-state index contributed by atoms with van der Waals surface area (Å²) < 4.78 is 10.8. The molecule has 0 spiro atoms. The fourth-order valence-electron chi connectivity index (χ4n) is 2.14. The molecule has 4 nitrogen and oxygen atoms in total. The second-order valence-corrected chi connectivity index (χ2v) is 5.52. The van der Waals surface area contributed by atoms with E-state index >= 15 is 0 Å². The van der Waals surface area contributed by atoms with Gasteiger partial charge in [-0.2, -0.15) is 0 Å². The van der Waals surface area contributed by atoms with Crippen molar-refractivity contribution < 1.29 is 14.3 Å². The fraction of sp³-hybridized carbons (Fsp3) is 0.278. The van der Waals surface area contributed by atoms with E-state index in [2.05, 4.69) is 5.32 Å². The zero-order valence-electron chi connectivity index (χ0n) is 13.2. The third-order valence-electron chi connectivity index (χ3n) is 3.38. The molecule has 1 N–H and O–H groups in total. The van der Waals surface area contributed by atoms with Gasteiger partial charge in [0.25, 0.3) is 5.91 Å².